The van der Waals surface area contributed by atoms with Gasteiger partial charge in [-0.25, -0.2) is 14.6 Å². The van der Waals surface area contributed by atoms with Gasteiger partial charge in [0.15, 0.2) is 0 Å². The van der Waals surface area contributed by atoms with Crippen LogP contribution in [0.4, 0.5) is 5.82 Å². The van der Waals surface area contributed by atoms with Gasteiger partial charge in [0, 0.05) is 63.2 Å². The minimum Gasteiger partial charge on any atom is -0.473 e. The van der Waals surface area contributed by atoms with Gasteiger partial charge in [0.2, 0.25) is 0 Å². The highest BCUT2D eigenvalue weighted by Gasteiger charge is 2.20. The van der Waals surface area contributed by atoms with Crippen LogP contribution in [0.25, 0.3) is 22.0 Å². The number of carbonyl (C=O) groups is 2. The summed E-state index contributed by atoms with van der Waals surface area (Å²) in [7, 11) is 1.75. The molecule has 35 heavy (non-hydrogen) atoms. The second kappa shape index (κ2) is 12.8. The molecule has 1 aliphatic rings. The maximum absolute atomic E-state index is 9.10. The van der Waals surface area contributed by atoms with E-state index < -0.39 is 11.9 Å². The normalized spacial score (nSPS) is 13.8. The second-order valence-corrected chi connectivity index (χ2v) is 8.26. The predicted molar refractivity (Wildman–Crippen MR) is 135 cm³/mol. The number of aromatic nitrogens is 2. The zero-order valence-corrected chi connectivity index (χ0v) is 20.2. The number of carboxylic acid groups (broad SMARTS) is 2. The zero-order valence-electron chi connectivity index (χ0n) is 20.2. The van der Waals surface area contributed by atoms with Crippen LogP contribution in [-0.4, -0.2) is 83.5 Å². The molecule has 0 radical (unpaired) electrons. The number of ether oxygens (including phenoxy) is 1. The SMILES string of the molecule is CCN1CCN(c2nc(-c3cncc(CCCOC)c3)cc3ccccc23)CC1.O=C(O)C(=O)O. The highest BCUT2D eigenvalue weighted by molar-refractivity contribution is 6.27. The summed E-state index contributed by atoms with van der Waals surface area (Å²) < 4.78 is 5.18. The number of hydrogen-bond donors (Lipinski definition) is 2. The Bertz CT molecular complexity index is 1130. The fraction of sp³-hybridized carbons (Fsp3) is 0.385. The van der Waals surface area contributed by atoms with Crippen molar-refractivity contribution >= 4 is 28.5 Å². The maximum atomic E-state index is 9.10. The van der Waals surface area contributed by atoms with Crippen LogP contribution < -0.4 is 4.90 Å². The fourth-order valence-electron chi connectivity index (χ4n) is 4.03. The zero-order chi connectivity index (χ0) is 25.2. The Kier molecular flexibility index (Phi) is 9.51. The van der Waals surface area contributed by atoms with Crippen molar-refractivity contribution in [2.24, 2.45) is 0 Å². The number of nitrogens with zero attached hydrogens (tertiary/aromatic N) is 4. The molecule has 2 N–H and O–H groups in total. The number of benzene rings is 1. The van der Waals surface area contributed by atoms with E-state index in [9.17, 15) is 0 Å². The van der Waals surface area contributed by atoms with E-state index in [-0.39, 0.29) is 0 Å². The maximum Gasteiger partial charge on any atom is 0.414 e. The van der Waals surface area contributed by atoms with Crippen LogP contribution in [0, 0.1) is 0 Å². The number of pyridine rings is 2. The Morgan fingerprint density at radius 2 is 1.74 bits per heavy atom. The van der Waals surface area contributed by atoms with E-state index in [0.717, 1.165) is 69.2 Å². The van der Waals surface area contributed by atoms with E-state index in [1.165, 1.54) is 16.3 Å². The molecule has 3 heterocycles. The molecular weight excluding hydrogens is 448 g/mol. The summed E-state index contributed by atoms with van der Waals surface area (Å²) in [5, 5.41) is 17.2. The smallest absolute Gasteiger partial charge is 0.414 e. The molecule has 0 aliphatic carbocycles. The van der Waals surface area contributed by atoms with E-state index in [2.05, 4.69) is 58.1 Å². The average molecular weight is 481 g/mol. The van der Waals surface area contributed by atoms with Crippen LogP contribution in [0.2, 0.25) is 0 Å². The first-order valence-electron chi connectivity index (χ1n) is 11.7. The standard InChI is InChI=1S/C24H30N4O.C2H2O4/c1-3-27-10-12-28(13-11-27)24-22-9-5-4-8-20(22)16-23(26-24)21-15-19(17-25-18-21)7-6-14-29-2;3-1(4)2(5)6/h4-5,8-9,15-18H,3,6-7,10-14H2,1-2H3;(H,3,4)(H,5,6). The topological polar surface area (TPSA) is 116 Å². The van der Waals surface area contributed by atoms with Crippen LogP contribution in [0.1, 0.15) is 18.9 Å². The molecule has 9 heteroatoms. The third kappa shape index (κ3) is 7.21. The van der Waals surface area contributed by atoms with Gasteiger partial charge in [0.1, 0.15) is 5.82 Å². The van der Waals surface area contributed by atoms with Gasteiger partial charge < -0.3 is 24.7 Å². The number of aliphatic carboxylic acids is 2. The number of likely N-dealkylation sites (N-methyl/N-ethyl adjacent to an activating group) is 1. The Morgan fingerprint density at radius 1 is 1.03 bits per heavy atom. The molecule has 1 saturated heterocycles. The molecule has 0 bridgehead atoms. The number of carboxylic acids is 2. The molecule has 1 aromatic carbocycles. The summed E-state index contributed by atoms with van der Waals surface area (Å²) in [6.45, 7) is 8.33. The molecule has 3 aromatic rings. The largest absolute Gasteiger partial charge is 0.473 e. The third-order valence-electron chi connectivity index (χ3n) is 5.93. The van der Waals surface area contributed by atoms with Gasteiger partial charge >= 0.3 is 11.9 Å². The van der Waals surface area contributed by atoms with Crippen molar-refractivity contribution in [2.45, 2.75) is 19.8 Å². The molecular formula is C26H32N4O5. The first-order chi connectivity index (χ1) is 16.9. The predicted octanol–water partition coefficient (Wildman–Crippen LogP) is 3.17. The summed E-state index contributed by atoms with van der Waals surface area (Å²) in [6.07, 6.45) is 5.84. The van der Waals surface area contributed by atoms with Gasteiger partial charge in [-0.15, -0.1) is 0 Å². The Balaban J connectivity index is 0.000000509. The van der Waals surface area contributed by atoms with Crippen LogP contribution >= 0.6 is 0 Å². The number of anilines is 1. The molecule has 0 unspecified atom stereocenters. The Hall–Kier alpha value is -3.56. The van der Waals surface area contributed by atoms with Crippen LogP contribution in [0.15, 0.2) is 48.8 Å². The fourth-order valence-corrected chi connectivity index (χ4v) is 4.03. The number of piperazine rings is 1. The van der Waals surface area contributed by atoms with E-state index in [0.29, 0.717) is 0 Å². The quantitative estimate of drug-likeness (QED) is 0.388. The van der Waals surface area contributed by atoms with Crippen molar-refractivity contribution < 1.29 is 24.5 Å². The lowest BCUT2D eigenvalue weighted by atomic mass is 10.0. The molecule has 0 spiro atoms. The Labute approximate surface area is 205 Å². The van der Waals surface area contributed by atoms with Crippen LogP contribution in [0.3, 0.4) is 0 Å². The summed E-state index contributed by atoms with van der Waals surface area (Å²) >= 11 is 0. The lowest BCUT2D eigenvalue weighted by molar-refractivity contribution is -0.159. The Morgan fingerprint density at radius 3 is 2.40 bits per heavy atom. The summed E-state index contributed by atoms with van der Waals surface area (Å²) in [4.78, 5) is 32.7. The highest BCUT2D eigenvalue weighted by Crippen LogP contribution is 2.30. The molecule has 0 atom stereocenters. The van der Waals surface area contributed by atoms with Gasteiger partial charge in [-0.1, -0.05) is 31.2 Å². The molecule has 1 aliphatic heterocycles. The van der Waals surface area contributed by atoms with Gasteiger partial charge in [0.25, 0.3) is 0 Å². The van der Waals surface area contributed by atoms with Crippen molar-refractivity contribution in [2.75, 3.05) is 51.3 Å². The minimum atomic E-state index is -1.82. The molecule has 2 aromatic heterocycles. The molecule has 0 saturated carbocycles. The van der Waals surface area contributed by atoms with Crippen molar-refractivity contribution in [3.8, 4) is 11.3 Å². The first-order valence-corrected chi connectivity index (χ1v) is 11.7. The van der Waals surface area contributed by atoms with Crippen molar-refractivity contribution in [1.29, 1.82) is 0 Å². The lowest BCUT2D eigenvalue weighted by Gasteiger charge is -2.35. The number of rotatable bonds is 7. The number of aryl methyl sites for hydroxylation is 1. The van der Waals surface area contributed by atoms with E-state index in [1.807, 2.05) is 12.4 Å². The van der Waals surface area contributed by atoms with Crippen LogP contribution in [-0.2, 0) is 20.7 Å². The third-order valence-corrected chi connectivity index (χ3v) is 5.93. The number of fused-ring (bicyclic) bond motifs is 1. The second-order valence-electron chi connectivity index (χ2n) is 8.26. The monoisotopic (exact) mass is 480 g/mol. The van der Waals surface area contributed by atoms with Gasteiger partial charge in [-0.3, -0.25) is 4.98 Å². The van der Waals surface area contributed by atoms with Crippen molar-refractivity contribution in [1.82, 2.24) is 14.9 Å². The number of hydrogen-bond acceptors (Lipinski definition) is 7. The first kappa shape index (κ1) is 26.1. The molecule has 1 fully saturated rings. The summed E-state index contributed by atoms with van der Waals surface area (Å²) in [5.41, 5.74) is 3.31. The summed E-state index contributed by atoms with van der Waals surface area (Å²) in [5.74, 6) is -2.55. The van der Waals surface area contributed by atoms with E-state index in [1.54, 1.807) is 7.11 Å². The molecule has 4 rings (SSSR count). The molecule has 186 valence electrons. The van der Waals surface area contributed by atoms with E-state index in [4.69, 9.17) is 29.5 Å². The molecule has 9 nitrogen and oxygen atoms in total. The lowest BCUT2D eigenvalue weighted by Crippen LogP contribution is -2.46. The van der Waals surface area contributed by atoms with Crippen molar-refractivity contribution in [3.63, 3.8) is 0 Å². The van der Waals surface area contributed by atoms with Gasteiger partial charge in [0.05, 0.1) is 5.69 Å². The molecule has 0 amide bonds. The van der Waals surface area contributed by atoms with Gasteiger partial charge in [-0.05, 0) is 42.5 Å². The van der Waals surface area contributed by atoms with E-state index >= 15 is 0 Å². The number of methoxy groups -OCH3 is 1. The summed E-state index contributed by atoms with van der Waals surface area (Å²) in [6, 6.07) is 13.0. The average Bonchev–Trinajstić information content (AvgIpc) is 2.89. The van der Waals surface area contributed by atoms with Crippen molar-refractivity contribution in [3.05, 3.63) is 54.4 Å². The highest BCUT2D eigenvalue weighted by atomic mass is 16.5. The van der Waals surface area contributed by atoms with Crippen LogP contribution in [0.5, 0.6) is 0 Å². The van der Waals surface area contributed by atoms with Gasteiger partial charge in [-0.2, -0.15) is 0 Å². The minimum absolute atomic E-state index is 0.770.